The Balaban J connectivity index is 1.84. The van der Waals surface area contributed by atoms with Gasteiger partial charge in [0.2, 0.25) is 0 Å². The van der Waals surface area contributed by atoms with Gasteiger partial charge in [-0.3, -0.25) is 0 Å². The first-order chi connectivity index (χ1) is 14.4. The fraction of sp³-hybridized carbons (Fsp3) is 0.154. The van der Waals surface area contributed by atoms with E-state index in [9.17, 15) is 0 Å². The largest absolute Gasteiger partial charge is 0.212 e. The summed E-state index contributed by atoms with van der Waals surface area (Å²) in [6.07, 6.45) is 0. The van der Waals surface area contributed by atoms with E-state index < -0.39 is 0 Å². The van der Waals surface area contributed by atoms with E-state index in [1.54, 1.807) is 12.1 Å². The van der Waals surface area contributed by atoms with Crippen molar-refractivity contribution < 1.29 is 0 Å². The second kappa shape index (κ2) is 7.88. The topological polar surface area (TPSA) is 62.5 Å². The average Bonchev–Trinajstić information content (AvgIpc) is 2.79. The first-order valence-corrected chi connectivity index (χ1v) is 9.87. The van der Waals surface area contributed by atoms with E-state index in [1.807, 2.05) is 42.5 Å². The van der Waals surface area contributed by atoms with Crippen molar-refractivity contribution >= 4 is 0 Å². The molecule has 0 unspecified atom stereocenters. The zero-order chi connectivity index (χ0) is 21.1. The minimum atomic E-state index is -0.226. The Morgan fingerprint density at radius 2 is 1.23 bits per heavy atom. The highest BCUT2D eigenvalue weighted by molar-refractivity contribution is 5.71. The van der Waals surface area contributed by atoms with E-state index in [0.717, 1.165) is 28.1 Å². The SMILES string of the molecule is CC(C)(C)c1nc(-c2ccc(C#N)cc2)nc(-c2cccc(-c3ccccc3)c2)n1. The van der Waals surface area contributed by atoms with Gasteiger partial charge in [-0.05, 0) is 41.5 Å². The quantitative estimate of drug-likeness (QED) is 0.428. The summed E-state index contributed by atoms with van der Waals surface area (Å²) in [6.45, 7) is 6.28. The van der Waals surface area contributed by atoms with Crippen LogP contribution in [0.1, 0.15) is 32.2 Å². The van der Waals surface area contributed by atoms with Gasteiger partial charge in [0.1, 0.15) is 5.82 Å². The van der Waals surface area contributed by atoms with Gasteiger partial charge in [0.15, 0.2) is 11.6 Å². The van der Waals surface area contributed by atoms with Gasteiger partial charge in [-0.25, -0.2) is 15.0 Å². The highest BCUT2D eigenvalue weighted by Gasteiger charge is 2.21. The first-order valence-electron chi connectivity index (χ1n) is 9.87. The van der Waals surface area contributed by atoms with Gasteiger partial charge in [-0.15, -0.1) is 0 Å². The molecule has 3 aromatic carbocycles. The molecule has 30 heavy (non-hydrogen) atoms. The van der Waals surface area contributed by atoms with E-state index in [2.05, 4.69) is 51.1 Å². The number of hydrogen-bond donors (Lipinski definition) is 0. The van der Waals surface area contributed by atoms with Crippen molar-refractivity contribution in [3.8, 4) is 40.0 Å². The van der Waals surface area contributed by atoms with Crippen molar-refractivity contribution in [3.63, 3.8) is 0 Å². The van der Waals surface area contributed by atoms with E-state index in [0.29, 0.717) is 17.2 Å². The van der Waals surface area contributed by atoms with Crippen molar-refractivity contribution in [2.45, 2.75) is 26.2 Å². The van der Waals surface area contributed by atoms with Crippen molar-refractivity contribution in [1.82, 2.24) is 15.0 Å². The first kappa shape index (κ1) is 19.5. The highest BCUT2D eigenvalue weighted by atomic mass is 15.0. The summed E-state index contributed by atoms with van der Waals surface area (Å²) in [6, 6.07) is 28.0. The molecule has 0 amide bonds. The lowest BCUT2D eigenvalue weighted by atomic mass is 9.95. The molecule has 0 fully saturated rings. The molecule has 0 saturated heterocycles. The standard InChI is InChI=1S/C26H22N4/c1-26(2,3)25-29-23(20-14-12-18(17-27)13-15-20)28-24(30-25)22-11-7-10-21(16-22)19-8-5-4-6-9-19/h4-16H,1-3H3. The zero-order valence-corrected chi connectivity index (χ0v) is 17.3. The molecule has 0 atom stereocenters. The lowest BCUT2D eigenvalue weighted by Crippen LogP contribution is -2.18. The zero-order valence-electron chi connectivity index (χ0n) is 17.3. The number of nitriles is 1. The van der Waals surface area contributed by atoms with Crippen LogP contribution in [0.2, 0.25) is 0 Å². The average molecular weight is 390 g/mol. The molecule has 4 aromatic rings. The minimum Gasteiger partial charge on any atom is -0.212 e. The minimum absolute atomic E-state index is 0.226. The molecule has 4 heteroatoms. The molecule has 1 aromatic heterocycles. The summed E-state index contributed by atoms with van der Waals surface area (Å²) in [5.41, 5.74) is 4.46. The third-order valence-corrected chi connectivity index (χ3v) is 4.81. The third kappa shape index (κ3) is 4.11. The Morgan fingerprint density at radius 3 is 1.87 bits per heavy atom. The van der Waals surface area contributed by atoms with Crippen LogP contribution < -0.4 is 0 Å². The summed E-state index contributed by atoms with van der Waals surface area (Å²) >= 11 is 0. The summed E-state index contributed by atoms with van der Waals surface area (Å²) < 4.78 is 0. The summed E-state index contributed by atoms with van der Waals surface area (Å²) in [5, 5.41) is 9.07. The Bertz CT molecular complexity index is 1210. The van der Waals surface area contributed by atoms with Crippen LogP contribution in [0.25, 0.3) is 33.9 Å². The molecule has 1 heterocycles. The maximum atomic E-state index is 9.07. The summed E-state index contributed by atoms with van der Waals surface area (Å²) in [4.78, 5) is 14.3. The van der Waals surface area contributed by atoms with Gasteiger partial charge in [0.05, 0.1) is 11.6 Å². The normalized spacial score (nSPS) is 11.1. The van der Waals surface area contributed by atoms with Crippen LogP contribution in [0.4, 0.5) is 0 Å². The molecule has 4 rings (SSSR count). The van der Waals surface area contributed by atoms with Crippen LogP contribution in [0.5, 0.6) is 0 Å². The molecular weight excluding hydrogens is 368 g/mol. The fourth-order valence-electron chi connectivity index (χ4n) is 3.13. The Kier molecular flexibility index (Phi) is 5.12. The van der Waals surface area contributed by atoms with Gasteiger partial charge in [0, 0.05) is 16.5 Å². The summed E-state index contributed by atoms with van der Waals surface area (Å²) in [5.74, 6) is 1.99. The smallest absolute Gasteiger partial charge is 0.163 e. The van der Waals surface area contributed by atoms with Gasteiger partial charge in [0.25, 0.3) is 0 Å². The van der Waals surface area contributed by atoms with Gasteiger partial charge in [-0.1, -0.05) is 69.3 Å². The number of rotatable bonds is 3. The Morgan fingerprint density at radius 1 is 0.633 bits per heavy atom. The second-order valence-corrected chi connectivity index (χ2v) is 8.19. The van der Waals surface area contributed by atoms with Crippen LogP contribution in [-0.2, 0) is 5.41 Å². The maximum absolute atomic E-state index is 9.07. The van der Waals surface area contributed by atoms with Crippen molar-refractivity contribution in [1.29, 1.82) is 5.26 Å². The third-order valence-electron chi connectivity index (χ3n) is 4.81. The second-order valence-electron chi connectivity index (χ2n) is 8.19. The molecule has 4 nitrogen and oxygen atoms in total. The van der Waals surface area contributed by atoms with E-state index >= 15 is 0 Å². The maximum Gasteiger partial charge on any atom is 0.163 e. The van der Waals surface area contributed by atoms with Crippen LogP contribution in [-0.4, -0.2) is 15.0 Å². The van der Waals surface area contributed by atoms with Crippen molar-refractivity contribution in [2.75, 3.05) is 0 Å². The number of nitrogens with zero attached hydrogens (tertiary/aromatic N) is 4. The van der Waals surface area contributed by atoms with Crippen molar-refractivity contribution in [3.05, 3.63) is 90.3 Å². The van der Waals surface area contributed by atoms with Crippen LogP contribution in [0.3, 0.4) is 0 Å². The Labute approximate surface area is 176 Å². The lowest BCUT2D eigenvalue weighted by molar-refractivity contribution is 0.543. The molecule has 0 aliphatic heterocycles. The van der Waals surface area contributed by atoms with Gasteiger partial charge < -0.3 is 0 Å². The predicted octanol–water partition coefficient (Wildman–Crippen LogP) is 6.04. The van der Waals surface area contributed by atoms with E-state index in [-0.39, 0.29) is 5.41 Å². The lowest BCUT2D eigenvalue weighted by Gasteiger charge is -2.18. The molecule has 0 radical (unpaired) electrons. The number of benzene rings is 3. The molecule has 0 aliphatic carbocycles. The highest BCUT2D eigenvalue weighted by Crippen LogP contribution is 2.28. The molecule has 0 bridgehead atoms. The van der Waals surface area contributed by atoms with Gasteiger partial charge in [-0.2, -0.15) is 5.26 Å². The van der Waals surface area contributed by atoms with Gasteiger partial charge >= 0.3 is 0 Å². The number of hydrogen-bond acceptors (Lipinski definition) is 4. The fourth-order valence-corrected chi connectivity index (χ4v) is 3.13. The van der Waals surface area contributed by atoms with E-state index in [1.165, 1.54) is 0 Å². The van der Waals surface area contributed by atoms with E-state index in [4.69, 9.17) is 20.2 Å². The molecular formula is C26H22N4. The number of aromatic nitrogens is 3. The molecule has 146 valence electrons. The van der Waals surface area contributed by atoms with Crippen LogP contribution in [0, 0.1) is 11.3 Å². The van der Waals surface area contributed by atoms with Crippen LogP contribution in [0.15, 0.2) is 78.9 Å². The Hall–Kier alpha value is -3.84. The molecule has 0 spiro atoms. The van der Waals surface area contributed by atoms with Crippen molar-refractivity contribution in [2.24, 2.45) is 0 Å². The van der Waals surface area contributed by atoms with Crippen LogP contribution >= 0.6 is 0 Å². The predicted molar refractivity (Wildman–Crippen MR) is 120 cm³/mol. The molecule has 0 N–H and O–H groups in total. The summed E-state index contributed by atoms with van der Waals surface area (Å²) in [7, 11) is 0. The molecule has 0 aliphatic rings. The monoisotopic (exact) mass is 390 g/mol. The molecule has 0 saturated carbocycles.